The number of alkyl halides is 5. The summed E-state index contributed by atoms with van der Waals surface area (Å²) in [5.74, 6) is -3.00. The zero-order chi connectivity index (χ0) is 33.3. The Morgan fingerprint density at radius 3 is 2.43 bits per heavy atom. The van der Waals surface area contributed by atoms with E-state index in [1.807, 2.05) is 18.2 Å². The number of halogens is 5. The number of phenolic OH excluding ortho intramolecular Hbond substituents is 1. The van der Waals surface area contributed by atoms with Crippen LogP contribution in [0.25, 0.3) is 0 Å². The maximum absolute atomic E-state index is 13.0. The zero-order valence-electron chi connectivity index (χ0n) is 26.3. The first kappa shape index (κ1) is 34.9. The summed E-state index contributed by atoms with van der Waals surface area (Å²) < 4.78 is 80.8. The molecule has 254 valence electrons. The van der Waals surface area contributed by atoms with Gasteiger partial charge in [-0.1, -0.05) is 31.2 Å². The van der Waals surface area contributed by atoms with Gasteiger partial charge in [-0.25, -0.2) is 0 Å². The Labute approximate surface area is 270 Å². The number of aryl methyl sites for hydroxylation is 1. The Kier molecular flexibility index (Phi) is 10.3. The van der Waals surface area contributed by atoms with Gasteiger partial charge in [0.15, 0.2) is 0 Å². The molecule has 0 heterocycles. The predicted molar refractivity (Wildman–Crippen MR) is 170 cm³/mol. The van der Waals surface area contributed by atoms with Gasteiger partial charge >= 0.3 is 12.1 Å². The second-order valence-electron chi connectivity index (χ2n) is 13.8. The van der Waals surface area contributed by atoms with Crippen molar-refractivity contribution >= 4 is 10.8 Å². The Bertz CT molecular complexity index is 1400. The van der Waals surface area contributed by atoms with Crippen molar-refractivity contribution in [2.75, 3.05) is 18.1 Å². The molecule has 3 aliphatic rings. The van der Waals surface area contributed by atoms with Gasteiger partial charge in [0, 0.05) is 34.6 Å². The highest BCUT2D eigenvalue weighted by Crippen LogP contribution is 2.71. The van der Waals surface area contributed by atoms with E-state index in [1.165, 1.54) is 16.7 Å². The molecule has 0 saturated heterocycles. The van der Waals surface area contributed by atoms with Gasteiger partial charge in [0.2, 0.25) is 0 Å². The Hall–Kier alpha value is -2.46. The van der Waals surface area contributed by atoms with Crippen molar-refractivity contribution in [2.45, 2.75) is 101 Å². The highest BCUT2D eigenvalue weighted by Gasteiger charge is 2.63. The third-order valence-corrected chi connectivity index (χ3v) is 12.6. The summed E-state index contributed by atoms with van der Waals surface area (Å²) in [5, 5.41) is 21.5. The number of hydrogen-bond acceptors (Lipinski definition) is 4. The van der Waals surface area contributed by atoms with Gasteiger partial charge in [-0.2, -0.15) is 22.0 Å². The zero-order valence-corrected chi connectivity index (χ0v) is 27.2. The molecular weight excluding hydrogens is 623 g/mol. The number of aliphatic hydroxyl groups is 1. The van der Waals surface area contributed by atoms with Crippen LogP contribution in [0.2, 0.25) is 0 Å². The van der Waals surface area contributed by atoms with Crippen LogP contribution in [0.3, 0.4) is 0 Å². The lowest BCUT2D eigenvalue weighted by Crippen LogP contribution is -2.53. The molecule has 4 nitrogen and oxygen atoms in total. The van der Waals surface area contributed by atoms with Crippen LogP contribution in [-0.4, -0.2) is 50.7 Å². The van der Waals surface area contributed by atoms with Crippen LogP contribution in [0.4, 0.5) is 22.0 Å². The van der Waals surface area contributed by atoms with Crippen molar-refractivity contribution in [3.63, 3.8) is 0 Å². The fourth-order valence-corrected chi connectivity index (χ4v) is 9.98. The predicted octanol–water partition coefficient (Wildman–Crippen LogP) is 8.83. The maximum Gasteiger partial charge on any atom is 0.453 e. The Morgan fingerprint density at radius 1 is 1.02 bits per heavy atom. The molecule has 0 spiro atoms. The minimum atomic E-state index is -5.57. The first-order valence-corrected chi connectivity index (χ1v) is 17.9. The third kappa shape index (κ3) is 6.75. The van der Waals surface area contributed by atoms with Crippen LogP contribution in [0.5, 0.6) is 11.5 Å². The molecule has 3 unspecified atom stereocenters. The largest absolute Gasteiger partial charge is 0.508 e. The highest BCUT2D eigenvalue weighted by atomic mass is 32.2. The van der Waals surface area contributed by atoms with E-state index in [1.54, 1.807) is 6.07 Å². The minimum absolute atomic E-state index is 0.144. The van der Waals surface area contributed by atoms with E-state index in [4.69, 9.17) is 4.74 Å². The van der Waals surface area contributed by atoms with E-state index in [0.29, 0.717) is 31.8 Å². The number of hydrogen-bond donors (Lipinski definition) is 2. The first-order valence-electron chi connectivity index (χ1n) is 16.4. The number of aromatic hydroxyl groups is 1. The van der Waals surface area contributed by atoms with Gasteiger partial charge in [0.25, 0.3) is 0 Å². The van der Waals surface area contributed by atoms with Crippen LogP contribution in [-0.2, 0) is 17.2 Å². The van der Waals surface area contributed by atoms with Crippen molar-refractivity contribution in [3.8, 4) is 11.5 Å². The first-order chi connectivity index (χ1) is 21.7. The summed E-state index contributed by atoms with van der Waals surface area (Å²) >= 11 is 0. The molecule has 2 fully saturated rings. The van der Waals surface area contributed by atoms with Crippen LogP contribution in [0, 0.1) is 16.7 Å². The molecule has 0 amide bonds. The minimum Gasteiger partial charge on any atom is -0.508 e. The van der Waals surface area contributed by atoms with E-state index in [2.05, 4.69) is 37.8 Å². The average Bonchev–Trinajstić information content (AvgIpc) is 3.31. The molecule has 2 N–H and O–H groups in total. The van der Waals surface area contributed by atoms with Gasteiger partial charge in [-0.15, -0.1) is 6.58 Å². The molecule has 10 heteroatoms. The molecule has 3 aliphatic carbocycles. The molecule has 0 radical (unpaired) electrons. The van der Waals surface area contributed by atoms with E-state index in [-0.39, 0.29) is 46.0 Å². The van der Waals surface area contributed by atoms with Crippen molar-refractivity contribution in [1.82, 2.24) is 0 Å². The van der Waals surface area contributed by atoms with Gasteiger partial charge in [-0.3, -0.25) is 4.21 Å². The lowest BCUT2D eigenvalue weighted by atomic mass is 9.44. The van der Waals surface area contributed by atoms with Crippen LogP contribution >= 0.6 is 0 Å². The number of allylic oxidation sites excluding steroid dienone is 1. The van der Waals surface area contributed by atoms with Crippen LogP contribution < -0.4 is 4.74 Å². The lowest BCUT2D eigenvalue weighted by Gasteiger charge is -2.60. The number of ether oxygens (including phenoxy) is 1. The SMILES string of the molecule is C=C[C@@]12CCc3cc(O)ccc3C1[C@@H](c1ccc(OCCCCCS(=O)CCCC(F)(F)C(F)(F)F)cc1)C[C@@]1(C)C2CC[C@@H]1O. The number of rotatable bonds is 13. The summed E-state index contributed by atoms with van der Waals surface area (Å²) in [5.41, 5.74) is 3.24. The molecule has 5 rings (SSSR count). The van der Waals surface area contributed by atoms with Gasteiger partial charge in [-0.05, 0) is 121 Å². The van der Waals surface area contributed by atoms with E-state index in [0.717, 1.165) is 37.9 Å². The van der Waals surface area contributed by atoms with E-state index >= 15 is 0 Å². The second-order valence-corrected chi connectivity index (χ2v) is 15.5. The normalized spacial score (nSPS) is 29.8. The fourth-order valence-electron chi connectivity index (χ4n) is 8.78. The molecule has 0 aliphatic heterocycles. The number of fused-ring (bicyclic) bond motifs is 5. The van der Waals surface area contributed by atoms with Gasteiger partial charge < -0.3 is 14.9 Å². The van der Waals surface area contributed by atoms with Crippen LogP contribution in [0.1, 0.15) is 93.2 Å². The summed E-state index contributed by atoms with van der Waals surface area (Å²) in [6, 6.07) is 13.9. The summed E-state index contributed by atoms with van der Waals surface area (Å²) in [6.45, 7) is 7.06. The second kappa shape index (κ2) is 13.6. The van der Waals surface area contributed by atoms with Crippen molar-refractivity contribution < 1.29 is 41.1 Å². The quantitative estimate of drug-likeness (QED) is 0.127. The van der Waals surface area contributed by atoms with E-state index < -0.39 is 35.7 Å². The molecule has 7 atom stereocenters. The average molecular weight is 669 g/mol. The van der Waals surface area contributed by atoms with Gasteiger partial charge in [0.05, 0.1) is 12.7 Å². The molecular formula is C36H45F5O4S. The molecule has 0 aromatic heterocycles. The topological polar surface area (TPSA) is 66.8 Å². The van der Waals surface area contributed by atoms with Crippen LogP contribution in [0.15, 0.2) is 55.1 Å². The summed E-state index contributed by atoms with van der Waals surface area (Å²) in [7, 11) is -1.43. The Morgan fingerprint density at radius 2 is 1.74 bits per heavy atom. The standard InChI is InChI=1S/C36H45F5O4S/c1-3-34-18-16-25-22-26(42)10-13-28(25)32(34)29(23-33(2)30(34)14-15-31(33)43)24-8-11-27(12-9-24)45-19-5-4-6-20-46(44)21-7-17-35(37,38)36(39,40)41/h3,8-13,22,29-32,42-43H,1,4-7,14-21,23H2,2H3/t29-,30?,31+,32?,33+,34+,46?/m1/s1. The molecule has 2 aromatic rings. The Balaban J connectivity index is 1.17. The molecule has 46 heavy (non-hydrogen) atoms. The number of aliphatic hydroxyl groups excluding tert-OH is 1. The van der Waals surface area contributed by atoms with Crippen molar-refractivity contribution in [2.24, 2.45) is 16.7 Å². The smallest absolute Gasteiger partial charge is 0.453 e. The number of benzene rings is 2. The summed E-state index contributed by atoms with van der Waals surface area (Å²) in [6.07, 6.45) is 0.840. The molecule has 2 saturated carbocycles. The van der Waals surface area contributed by atoms with Crippen molar-refractivity contribution in [1.29, 1.82) is 0 Å². The van der Waals surface area contributed by atoms with Gasteiger partial charge in [0.1, 0.15) is 11.5 Å². The number of phenols is 1. The highest BCUT2D eigenvalue weighted by molar-refractivity contribution is 7.84. The fraction of sp³-hybridized carbons (Fsp3) is 0.611. The summed E-state index contributed by atoms with van der Waals surface area (Å²) in [4.78, 5) is 0. The third-order valence-electron chi connectivity index (χ3n) is 11.1. The van der Waals surface area contributed by atoms with E-state index in [9.17, 15) is 36.4 Å². The molecule has 2 aromatic carbocycles. The number of unbranched alkanes of at least 4 members (excludes halogenated alkanes) is 2. The monoisotopic (exact) mass is 668 g/mol. The molecule has 0 bridgehead atoms. The lowest BCUT2D eigenvalue weighted by molar-refractivity contribution is -0.284. The van der Waals surface area contributed by atoms with Crippen molar-refractivity contribution in [3.05, 3.63) is 71.8 Å². The maximum atomic E-state index is 13.0.